The number of carbonyl (C=O) groups is 1. The molecule has 7 nitrogen and oxygen atoms in total. The van der Waals surface area contributed by atoms with Crippen molar-refractivity contribution < 1.29 is 9.53 Å². The van der Waals surface area contributed by atoms with E-state index in [-0.39, 0.29) is 0 Å². The van der Waals surface area contributed by atoms with Crippen LogP contribution in [-0.4, -0.2) is 32.3 Å². The van der Waals surface area contributed by atoms with Crippen molar-refractivity contribution in [2.24, 2.45) is 7.05 Å². The average molecular weight is 275 g/mol. The van der Waals surface area contributed by atoms with Crippen molar-refractivity contribution in [2.45, 2.75) is 20.4 Å². The lowest BCUT2D eigenvalue weighted by molar-refractivity contribution is 0.0524. The van der Waals surface area contributed by atoms with Crippen molar-refractivity contribution in [3.05, 3.63) is 35.4 Å². The number of nitrogens with zero attached hydrogens (tertiary/aromatic N) is 4. The van der Waals surface area contributed by atoms with E-state index in [0.717, 1.165) is 5.56 Å². The van der Waals surface area contributed by atoms with Gasteiger partial charge < -0.3 is 10.1 Å². The molecule has 2 aromatic rings. The Balaban J connectivity index is 2.03. The summed E-state index contributed by atoms with van der Waals surface area (Å²) in [5, 5.41) is 7.16. The zero-order valence-electron chi connectivity index (χ0n) is 11.8. The number of esters is 1. The van der Waals surface area contributed by atoms with Gasteiger partial charge >= 0.3 is 5.97 Å². The highest BCUT2D eigenvalue weighted by Crippen LogP contribution is 2.09. The monoisotopic (exact) mass is 275 g/mol. The number of anilines is 1. The Labute approximate surface area is 117 Å². The van der Waals surface area contributed by atoms with Crippen molar-refractivity contribution >= 4 is 11.9 Å². The summed E-state index contributed by atoms with van der Waals surface area (Å²) in [5.74, 6) is 0.0724. The molecule has 0 unspecified atom stereocenters. The van der Waals surface area contributed by atoms with Crippen LogP contribution in [0.2, 0.25) is 0 Å². The van der Waals surface area contributed by atoms with Crippen LogP contribution in [-0.2, 0) is 18.3 Å². The van der Waals surface area contributed by atoms with Crippen LogP contribution < -0.4 is 5.32 Å². The Morgan fingerprint density at radius 3 is 2.85 bits per heavy atom. The third-order valence-electron chi connectivity index (χ3n) is 2.68. The molecule has 2 rings (SSSR count). The zero-order chi connectivity index (χ0) is 14.5. The first-order chi connectivity index (χ1) is 9.60. The van der Waals surface area contributed by atoms with Crippen LogP contribution in [0.15, 0.2) is 18.6 Å². The van der Waals surface area contributed by atoms with Gasteiger partial charge in [-0.2, -0.15) is 5.10 Å². The topological polar surface area (TPSA) is 81.9 Å². The molecule has 0 radical (unpaired) electrons. The molecule has 0 bridgehead atoms. The number of carbonyl (C=O) groups excluding carboxylic acids is 1. The normalized spacial score (nSPS) is 10.3. The SMILES string of the molecule is CCOC(=O)c1cnc(NCc2cnn(C)c2)nc1C. The van der Waals surface area contributed by atoms with Crippen molar-refractivity contribution in [1.82, 2.24) is 19.7 Å². The summed E-state index contributed by atoms with van der Waals surface area (Å²) < 4.78 is 6.66. The molecule has 0 aliphatic rings. The lowest BCUT2D eigenvalue weighted by atomic mass is 10.2. The van der Waals surface area contributed by atoms with E-state index in [1.54, 1.807) is 24.7 Å². The van der Waals surface area contributed by atoms with E-state index in [1.807, 2.05) is 13.2 Å². The molecule has 2 heterocycles. The minimum absolute atomic E-state index is 0.333. The maximum Gasteiger partial charge on any atom is 0.341 e. The molecule has 0 saturated heterocycles. The quantitative estimate of drug-likeness (QED) is 0.828. The molecule has 0 spiro atoms. The number of ether oxygens (including phenoxy) is 1. The molecule has 1 N–H and O–H groups in total. The highest BCUT2D eigenvalue weighted by Gasteiger charge is 2.12. The summed E-state index contributed by atoms with van der Waals surface area (Å²) in [5.41, 5.74) is 2.01. The van der Waals surface area contributed by atoms with E-state index in [1.165, 1.54) is 6.20 Å². The molecule has 7 heteroatoms. The first-order valence-corrected chi connectivity index (χ1v) is 6.32. The van der Waals surface area contributed by atoms with Crippen LogP contribution in [0.5, 0.6) is 0 Å². The molecule has 2 aromatic heterocycles. The van der Waals surface area contributed by atoms with Gasteiger partial charge in [-0.25, -0.2) is 14.8 Å². The van der Waals surface area contributed by atoms with E-state index in [0.29, 0.717) is 30.4 Å². The number of nitrogens with one attached hydrogen (secondary N) is 1. The number of hydrogen-bond acceptors (Lipinski definition) is 6. The molecule has 0 fully saturated rings. The predicted octanol–water partition coefficient (Wildman–Crippen LogP) is 1.31. The number of rotatable bonds is 5. The van der Waals surface area contributed by atoms with Gasteiger partial charge in [-0.05, 0) is 13.8 Å². The smallest absolute Gasteiger partial charge is 0.341 e. The number of hydrogen-bond donors (Lipinski definition) is 1. The fraction of sp³-hybridized carbons (Fsp3) is 0.385. The Morgan fingerprint density at radius 2 is 2.25 bits per heavy atom. The number of aryl methyl sites for hydroxylation is 2. The average Bonchev–Trinajstić information content (AvgIpc) is 2.82. The van der Waals surface area contributed by atoms with E-state index in [2.05, 4.69) is 20.4 Å². The van der Waals surface area contributed by atoms with Crippen molar-refractivity contribution in [2.75, 3.05) is 11.9 Å². The van der Waals surface area contributed by atoms with Gasteiger partial charge in [-0.15, -0.1) is 0 Å². The summed E-state index contributed by atoms with van der Waals surface area (Å²) in [7, 11) is 1.86. The first kappa shape index (κ1) is 14.0. The van der Waals surface area contributed by atoms with Crippen LogP contribution in [0.1, 0.15) is 28.5 Å². The molecule has 0 amide bonds. The standard InChI is InChI=1S/C13H17N5O2/c1-4-20-12(19)11-7-15-13(17-9(11)2)14-5-10-6-16-18(3)8-10/h6-8H,4-5H2,1-3H3,(H,14,15,17). The van der Waals surface area contributed by atoms with Crippen LogP contribution in [0.25, 0.3) is 0 Å². The van der Waals surface area contributed by atoms with E-state index in [9.17, 15) is 4.79 Å². The predicted molar refractivity (Wildman–Crippen MR) is 73.3 cm³/mol. The maximum absolute atomic E-state index is 11.6. The van der Waals surface area contributed by atoms with Crippen molar-refractivity contribution in [1.29, 1.82) is 0 Å². The summed E-state index contributed by atoms with van der Waals surface area (Å²) >= 11 is 0. The van der Waals surface area contributed by atoms with Crippen LogP contribution in [0, 0.1) is 6.92 Å². The maximum atomic E-state index is 11.6. The molecule has 20 heavy (non-hydrogen) atoms. The minimum atomic E-state index is -0.399. The molecular weight excluding hydrogens is 258 g/mol. The Kier molecular flexibility index (Phi) is 4.29. The third kappa shape index (κ3) is 3.31. The fourth-order valence-electron chi connectivity index (χ4n) is 1.71. The second-order valence-electron chi connectivity index (χ2n) is 4.29. The molecule has 0 aliphatic heterocycles. The summed E-state index contributed by atoms with van der Waals surface area (Å²) in [6.45, 7) is 4.42. The molecule has 0 saturated carbocycles. The van der Waals surface area contributed by atoms with Gasteiger partial charge in [-0.1, -0.05) is 0 Å². The Hall–Kier alpha value is -2.44. The molecular formula is C13H17N5O2. The molecule has 0 aromatic carbocycles. The lowest BCUT2D eigenvalue weighted by Crippen LogP contribution is -2.11. The van der Waals surface area contributed by atoms with Crippen LogP contribution in [0.3, 0.4) is 0 Å². The second kappa shape index (κ2) is 6.14. The first-order valence-electron chi connectivity index (χ1n) is 6.32. The van der Waals surface area contributed by atoms with Crippen LogP contribution >= 0.6 is 0 Å². The zero-order valence-corrected chi connectivity index (χ0v) is 11.8. The van der Waals surface area contributed by atoms with Crippen molar-refractivity contribution in [3.8, 4) is 0 Å². The Bertz CT molecular complexity index is 609. The summed E-state index contributed by atoms with van der Waals surface area (Å²) in [6.07, 6.45) is 5.16. The van der Waals surface area contributed by atoms with Gasteiger partial charge in [0.05, 0.1) is 24.1 Å². The second-order valence-corrected chi connectivity index (χ2v) is 4.29. The largest absolute Gasteiger partial charge is 0.462 e. The van der Waals surface area contributed by atoms with E-state index in [4.69, 9.17) is 4.74 Å². The van der Waals surface area contributed by atoms with E-state index < -0.39 is 5.97 Å². The minimum Gasteiger partial charge on any atom is -0.462 e. The van der Waals surface area contributed by atoms with Gasteiger partial charge in [0.2, 0.25) is 5.95 Å². The summed E-state index contributed by atoms with van der Waals surface area (Å²) in [6, 6.07) is 0. The van der Waals surface area contributed by atoms with Crippen molar-refractivity contribution in [3.63, 3.8) is 0 Å². The highest BCUT2D eigenvalue weighted by atomic mass is 16.5. The highest BCUT2D eigenvalue weighted by molar-refractivity contribution is 5.90. The van der Waals surface area contributed by atoms with Crippen LogP contribution in [0.4, 0.5) is 5.95 Å². The molecule has 0 aliphatic carbocycles. The van der Waals surface area contributed by atoms with Gasteiger partial charge in [0.25, 0.3) is 0 Å². The van der Waals surface area contributed by atoms with Gasteiger partial charge in [0, 0.05) is 31.5 Å². The molecule has 0 atom stereocenters. The summed E-state index contributed by atoms with van der Waals surface area (Å²) in [4.78, 5) is 20.0. The number of aromatic nitrogens is 4. The van der Waals surface area contributed by atoms with Gasteiger partial charge in [0.1, 0.15) is 0 Å². The van der Waals surface area contributed by atoms with E-state index >= 15 is 0 Å². The van der Waals surface area contributed by atoms with Gasteiger partial charge in [-0.3, -0.25) is 4.68 Å². The fourth-order valence-corrected chi connectivity index (χ4v) is 1.71. The Morgan fingerprint density at radius 1 is 1.45 bits per heavy atom. The third-order valence-corrected chi connectivity index (χ3v) is 2.68. The lowest BCUT2D eigenvalue weighted by Gasteiger charge is -2.07. The van der Waals surface area contributed by atoms with Gasteiger partial charge in [0.15, 0.2) is 0 Å². The molecule has 106 valence electrons.